The predicted octanol–water partition coefficient (Wildman–Crippen LogP) is 3.79. The van der Waals surface area contributed by atoms with E-state index in [1.807, 2.05) is 12.1 Å². The maximum atomic E-state index is 5.66. The molecule has 2 rings (SSSR count). The first-order valence-corrected chi connectivity index (χ1v) is 6.11. The van der Waals surface area contributed by atoms with E-state index < -0.39 is 0 Å². The maximum Gasteiger partial charge on any atom is 0.144 e. The summed E-state index contributed by atoms with van der Waals surface area (Å²) in [5, 5.41) is 3.32. The van der Waals surface area contributed by atoms with Crippen LogP contribution >= 0.6 is 15.9 Å². The van der Waals surface area contributed by atoms with Crippen molar-refractivity contribution in [2.24, 2.45) is 0 Å². The van der Waals surface area contributed by atoms with Crippen LogP contribution in [0.5, 0.6) is 0 Å². The number of halogens is 1. The zero-order valence-corrected chi connectivity index (χ0v) is 11.4. The van der Waals surface area contributed by atoms with E-state index in [0.29, 0.717) is 5.69 Å². The molecule has 0 spiro atoms. The van der Waals surface area contributed by atoms with Gasteiger partial charge in [-0.3, -0.25) is 0 Å². The molecule has 0 bridgehead atoms. The summed E-state index contributed by atoms with van der Waals surface area (Å²) in [7, 11) is 0. The number of nitrogens with zero attached hydrogens (tertiary/aromatic N) is 1. The first-order valence-electron chi connectivity index (χ1n) is 5.32. The number of anilines is 3. The molecule has 0 aliphatic rings. The molecule has 4 heteroatoms. The Morgan fingerprint density at radius 1 is 1.24 bits per heavy atom. The van der Waals surface area contributed by atoms with Gasteiger partial charge in [0.25, 0.3) is 0 Å². The van der Waals surface area contributed by atoms with Crippen molar-refractivity contribution in [1.82, 2.24) is 4.98 Å². The Balaban J connectivity index is 2.38. The molecule has 3 N–H and O–H groups in total. The number of benzene rings is 1. The van der Waals surface area contributed by atoms with E-state index in [1.54, 1.807) is 6.20 Å². The summed E-state index contributed by atoms with van der Waals surface area (Å²) in [4.78, 5) is 4.27. The van der Waals surface area contributed by atoms with Gasteiger partial charge in [-0.1, -0.05) is 18.2 Å². The third-order valence-electron chi connectivity index (χ3n) is 2.59. The molecule has 0 saturated heterocycles. The molecule has 0 saturated carbocycles. The monoisotopic (exact) mass is 291 g/mol. The van der Waals surface area contributed by atoms with Gasteiger partial charge in [0.05, 0.1) is 16.4 Å². The number of aromatic nitrogens is 1. The minimum atomic E-state index is 0.643. The first-order chi connectivity index (χ1) is 8.08. The number of nitrogens with one attached hydrogen (secondary N) is 1. The zero-order valence-electron chi connectivity index (χ0n) is 9.79. The number of nitrogen functional groups attached to an aromatic ring is 1. The third kappa shape index (κ3) is 2.58. The molecule has 0 aliphatic heterocycles. The summed E-state index contributed by atoms with van der Waals surface area (Å²) in [6, 6.07) is 8.02. The van der Waals surface area contributed by atoms with Crippen LogP contribution in [0.4, 0.5) is 17.2 Å². The fraction of sp³-hybridized carbons (Fsp3) is 0.154. The van der Waals surface area contributed by atoms with Gasteiger partial charge in [-0.2, -0.15) is 0 Å². The fourth-order valence-corrected chi connectivity index (χ4v) is 2.14. The highest BCUT2D eigenvalue weighted by molar-refractivity contribution is 9.10. The lowest BCUT2D eigenvalue weighted by atomic mass is 10.1. The molecule has 1 heterocycles. The highest BCUT2D eigenvalue weighted by atomic mass is 79.9. The summed E-state index contributed by atoms with van der Waals surface area (Å²) in [5.74, 6) is 0.775. The van der Waals surface area contributed by atoms with Crippen molar-refractivity contribution in [2.75, 3.05) is 11.1 Å². The van der Waals surface area contributed by atoms with Crippen molar-refractivity contribution >= 4 is 33.1 Å². The van der Waals surface area contributed by atoms with E-state index >= 15 is 0 Å². The van der Waals surface area contributed by atoms with E-state index in [2.05, 4.69) is 52.2 Å². The SMILES string of the molecule is Cc1cccc(C)c1Nc1ncc(N)cc1Br. The minimum Gasteiger partial charge on any atom is -0.397 e. The lowest BCUT2D eigenvalue weighted by molar-refractivity contribution is 1.27. The highest BCUT2D eigenvalue weighted by Crippen LogP contribution is 2.28. The average Bonchev–Trinajstić information content (AvgIpc) is 2.26. The lowest BCUT2D eigenvalue weighted by Crippen LogP contribution is -1.99. The molecule has 1 aromatic heterocycles. The van der Waals surface area contributed by atoms with Crippen molar-refractivity contribution in [1.29, 1.82) is 0 Å². The van der Waals surface area contributed by atoms with Gasteiger partial charge in [0.1, 0.15) is 5.82 Å². The van der Waals surface area contributed by atoms with Crippen LogP contribution in [-0.2, 0) is 0 Å². The summed E-state index contributed by atoms with van der Waals surface area (Å²) in [6.07, 6.45) is 1.64. The Kier molecular flexibility index (Phi) is 3.33. The van der Waals surface area contributed by atoms with E-state index in [1.165, 1.54) is 11.1 Å². The predicted molar refractivity (Wildman–Crippen MR) is 75.5 cm³/mol. The first kappa shape index (κ1) is 11.9. The van der Waals surface area contributed by atoms with Crippen LogP contribution in [0.1, 0.15) is 11.1 Å². The van der Waals surface area contributed by atoms with Crippen molar-refractivity contribution in [2.45, 2.75) is 13.8 Å². The van der Waals surface area contributed by atoms with Gasteiger partial charge in [-0.15, -0.1) is 0 Å². The molecule has 3 nitrogen and oxygen atoms in total. The number of hydrogen-bond acceptors (Lipinski definition) is 3. The van der Waals surface area contributed by atoms with Crippen LogP contribution in [0.15, 0.2) is 34.9 Å². The Morgan fingerprint density at radius 2 is 1.88 bits per heavy atom. The van der Waals surface area contributed by atoms with E-state index in [0.717, 1.165) is 16.0 Å². The van der Waals surface area contributed by atoms with Crippen molar-refractivity contribution in [3.05, 3.63) is 46.1 Å². The third-order valence-corrected chi connectivity index (χ3v) is 3.19. The van der Waals surface area contributed by atoms with Crippen LogP contribution in [0.25, 0.3) is 0 Å². The largest absolute Gasteiger partial charge is 0.397 e. The average molecular weight is 292 g/mol. The summed E-state index contributed by atoms with van der Waals surface area (Å²) >= 11 is 3.45. The van der Waals surface area contributed by atoms with Crippen molar-refractivity contribution in [3.8, 4) is 0 Å². The van der Waals surface area contributed by atoms with Gasteiger partial charge in [0, 0.05) is 5.69 Å². The number of rotatable bonds is 2. The molecule has 88 valence electrons. The topological polar surface area (TPSA) is 50.9 Å². The molecule has 0 radical (unpaired) electrons. The molecule has 0 amide bonds. The highest BCUT2D eigenvalue weighted by Gasteiger charge is 2.06. The van der Waals surface area contributed by atoms with Crippen LogP contribution in [-0.4, -0.2) is 4.98 Å². The smallest absolute Gasteiger partial charge is 0.144 e. The Hall–Kier alpha value is -1.55. The molecule has 17 heavy (non-hydrogen) atoms. The number of aryl methyl sites for hydroxylation is 2. The normalized spacial score (nSPS) is 10.3. The molecule has 0 fully saturated rings. The molecule has 0 aliphatic carbocycles. The zero-order chi connectivity index (χ0) is 12.4. The molecular weight excluding hydrogens is 278 g/mol. The standard InChI is InChI=1S/C13H14BrN3/c1-8-4-3-5-9(2)12(8)17-13-11(14)6-10(15)7-16-13/h3-7H,15H2,1-2H3,(H,16,17). The number of hydrogen-bond donors (Lipinski definition) is 2. The summed E-state index contributed by atoms with van der Waals surface area (Å²) < 4.78 is 0.861. The van der Waals surface area contributed by atoms with Gasteiger partial charge in [0.15, 0.2) is 0 Å². The number of pyridine rings is 1. The van der Waals surface area contributed by atoms with Crippen molar-refractivity contribution in [3.63, 3.8) is 0 Å². The Morgan fingerprint density at radius 3 is 2.47 bits per heavy atom. The molecular formula is C13H14BrN3. The van der Waals surface area contributed by atoms with Crippen LogP contribution in [0, 0.1) is 13.8 Å². The summed E-state index contributed by atoms with van der Waals surface area (Å²) in [5.41, 5.74) is 9.77. The minimum absolute atomic E-state index is 0.643. The second kappa shape index (κ2) is 4.75. The van der Waals surface area contributed by atoms with E-state index in [4.69, 9.17) is 5.73 Å². The molecule has 1 aromatic carbocycles. The van der Waals surface area contributed by atoms with Crippen LogP contribution < -0.4 is 11.1 Å². The van der Waals surface area contributed by atoms with Crippen LogP contribution in [0.3, 0.4) is 0 Å². The van der Waals surface area contributed by atoms with Crippen molar-refractivity contribution < 1.29 is 0 Å². The van der Waals surface area contributed by atoms with Gasteiger partial charge < -0.3 is 11.1 Å². The lowest BCUT2D eigenvalue weighted by Gasteiger charge is -2.13. The Labute approximate surface area is 109 Å². The van der Waals surface area contributed by atoms with Gasteiger partial charge in [0.2, 0.25) is 0 Å². The quantitative estimate of drug-likeness (QED) is 0.885. The molecule has 0 unspecified atom stereocenters. The van der Waals surface area contributed by atoms with Gasteiger partial charge >= 0.3 is 0 Å². The fourth-order valence-electron chi connectivity index (χ4n) is 1.67. The molecule has 2 aromatic rings. The number of para-hydroxylation sites is 1. The van der Waals surface area contributed by atoms with Gasteiger partial charge in [-0.05, 0) is 47.0 Å². The van der Waals surface area contributed by atoms with E-state index in [9.17, 15) is 0 Å². The second-order valence-electron chi connectivity index (χ2n) is 3.99. The summed E-state index contributed by atoms with van der Waals surface area (Å²) in [6.45, 7) is 4.14. The second-order valence-corrected chi connectivity index (χ2v) is 4.85. The van der Waals surface area contributed by atoms with Crippen LogP contribution in [0.2, 0.25) is 0 Å². The molecule has 0 atom stereocenters. The Bertz CT molecular complexity index is 532. The number of nitrogens with two attached hydrogens (primary N) is 1. The van der Waals surface area contributed by atoms with E-state index in [-0.39, 0.29) is 0 Å². The van der Waals surface area contributed by atoms with Gasteiger partial charge in [-0.25, -0.2) is 4.98 Å². The maximum absolute atomic E-state index is 5.66.